The Morgan fingerprint density at radius 2 is 1.53 bits per heavy atom. The summed E-state index contributed by atoms with van der Waals surface area (Å²) < 4.78 is 37.3. The van der Waals surface area contributed by atoms with Gasteiger partial charge in [-0.2, -0.15) is 0 Å². The summed E-state index contributed by atoms with van der Waals surface area (Å²) in [4.78, 5) is 6.87. The molecule has 4 rings (SSSR count). The van der Waals surface area contributed by atoms with Gasteiger partial charge in [-0.15, -0.1) is 0 Å². The molecule has 1 saturated heterocycles. The van der Waals surface area contributed by atoms with Crippen LogP contribution in [0.15, 0.2) is 17.2 Å². The van der Waals surface area contributed by atoms with Crippen molar-refractivity contribution < 1.29 is 17.9 Å². The van der Waals surface area contributed by atoms with Crippen LogP contribution in [0.3, 0.4) is 0 Å². The fourth-order valence-corrected chi connectivity index (χ4v) is 6.24. The molecule has 168 valence electrons. The zero-order chi connectivity index (χ0) is 21.3. The van der Waals surface area contributed by atoms with Crippen LogP contribution in [-0.4, -0.2) is 61.0 Å². The molecule has 1 aromatic rings. The maximum Gasteiger partial charge on any atom is 0.198 e. The molecule has 3 fully saturated rings. The van der Waals surface area contributed by atoms with Crippen LogP contribution in [0.4, 0.5) is 0 Å². The minimum absolute atomic E-state index is 0.152. The standard InChI is InChI=1S/C23H36N2O4S/c1-16(2)25-14-12-20(13-15-25)28-18-4-6-19(7-5-18)29-22-10-11-23(24-17(22)3)30(26,27)21-8-9-21/h10-11,16,18-21H,4-9,12-15H2,1-3H3. The molecule has 0 atom stereocenters. The molecular weight excluding hydrogens is 400 g/mol. The normalized spacial score (nSPS) is 26.8. The lowest BCUT2D eigenvalue weighted by atomic mass is 9.94. The van der Waals surface area contributed by atoms with Crippen molar-refractivity contribution in [1.82, 2.24) is 9.88 Å². The number of aryl methyl sites for hydroxylation is 1. The first-order valence-electron chi connectivity index (χ1n) is 11.6. The molecule has 0 amide bonds. The number of pyridine rings is 1. The summed E-state index contributed by atoms with van der Waals surface area (Å²) >= 11 is 0. The van der Waals surface area contributed by atoms with Gasteiger partial charge >= 0.3 is 0 Å². The lowest BCUT2D eigenvalue weighted by molar-refractivity contribution is -0.0688. The molecule has 2 aliphatic carbocycles. The molecular formula is C23H36N2O4S. The van der Waals surface area contributed by atoms with E-state index in [4.69, 9.17) is 9.47 Å². The summed E-state index contributed by atoms with van der Waals surface area (Å²) in [6, 6.07) is 4.01. The zero-order valence-corrected chi connectivity index (χ0v) is 19.4. The molecule has 6 nitrogen and oxygen atoms in total. The van der Waals surface area contributed by atoms with Crippen molar-refractivity contribution in [3.63, 3.8) is 0 Å². The summed E-state index contributed by atoms with van der Waals surface area (Å²) in [5, 5.41) is -0.0421. The van der Waals surface area contributed by atoms with Crippen molar-refractivity contribution in [3.8, 4) is 5.75 Å². The number of sulfone groups is 1. The number of hydrogen-bond acceptors (Lipinski definition) is 6. The number of rotatable bonds is 7. The van der Waals surface area contributed by atoms with Crippen LogP contribution < -0.4 is 4.74 Å². The largest absolute Gasteiger partial charge is 0.489 e. The first-order valence-corrected chi connectivity index (χ1v) is 13.1. The quantitative estimate of drug-likeness (QED) is 0.646. The van der Waals surface area contributed by atoms with Crippen LogP contribution in [0.2, 0.25) is 0 Å². The van der Waals surface area contributed by atoms with E-state index in [1.54, 1.807) is 12.1 Å². The Labute approximate surface area is 181 Å². The van der Waals surface area contributed by atoms with Crippen LogP contribution >= 0.6 is 0 Å². The Hall–Kier alpha value is -1.18. The van der Waals surface area contributed by atoms with Gasteiger partial charge in [0.05, 0.1) is 29.3 Å². The van der Waals surface area contributed by atoms with Crippen LogP contribution in [0, 0.1) is 6.92 Å². The minimum Gasteiger partial charge on any atom is -0.489 e. The van der Waals surface area contributed by atoms with Gasteiger partial charge in [0.1, 0.15) is 5.75 Å². The third-order valence-electron chi connectivity index (χ3n) is 6.77. The van der Waals surface area contributed by atoms with Gasteiger partial charge in [0.25, 0.3) is 0 Å². The van der Waals surface area contributed by atoms with Gasteiger partial charge in [0, 0.05) is 19.1 Å². The van der Waals surface area contributed by atoms with Gasteiger partial charge in [-0.3, -0.25) is 0 Å². The molecule has 0 bridgehead atoms. The first-order chi connectivity index (χ1) is 14.3. The first kappa shape index (κ1) is 22.0. The van der Waals surface area contributed by atoms with Gasteiger partial charge in [-0.1, -0.05) is 0 Å². The van der Waals surface area contributed by atoms with Crippen LogP contribution in [-0.2, 0) is 14.6 Å². The van der Waals surface area contributed by atoms with Crippen LogP contribution in [0.5, 0.6) is 5.75 Å². The molecule has 30 heavy (non-hydrogen) atoms. The number of ether oxygens (including phenoxy) is 2. The SMILES string of the molecule is Cc1nc(S(=O)(=O)C2CC2)ccc1OC1CCC(OC2CCN(C(C)C)CC2)CC1. The monoisotopic (exact) mass is 436 g/mol. The number of nitrogens with zero attached hydrogens (tertiary/aromatic N) is 2. The molecule has 0 spiro atoms. The summed E-state index contributed by atoms with van der Waals surface area (Å²) in [5.41, 5.74) is 0.659. The molecule has 3 aliphatic rings. The number of aromatic nitrogens is 1. The van der Waals surface area contributed by atoms with E-state index in [-0.39, 0.29) is 16.4 Å². The zero-order valence-electron chi connectivity index (χ0n) is 18.5. The lowest BCUT2D eigenvalue weighted by Crippen LogP contribution is -2.42. The van der Waals surface area contributed by atoms with Crippen molar-refractivity contribution in [2.24, 2.45) is 0 Å². The van der Waals surface area contributed by atoms with Gasteiger partial charge in [-0.25, -0.2) is 13.4 Å². The van der Waals surface area contributed by atoms with Crippen molar-refractivity contribution in [3.05, 3.63) is 17.8 Å². The highest BCUT2D eigenvalue weighted by Crippen LogP contribution is 2.34. The van der Waals surface area contributed by atoms with E-state index in [0.29, 0.717) is 29.7 Å². The van der Waals surface area contributed by atoms with E-state index < -0.39 is 9.84 Å². The van der Waals surface area contributed by atoms with Gasteiger partial charge in [-0.05, 0) is 84.3 Å². The third kappa shape index (κ3) is 5.17. The van der Waals surface area contributed by atoms with E-state index in [0.717, 1.165) is 64.5 Å². The van der Waals surface area contributed by atoms with Gasteiger partial charge in [0.15, 0.2) is 14.9 Å². The van der Waals surface area contributed by atoms with E-state index in [1.165, 1.54) is 0 Å². The molecule has 0 aromatic carbocycles. The van der Waals surface area contributed by atoms with Crippen molar-refractivity contribution in [1.29, 1.82) is 0 Å². The Morgan fingerprint density at radius 1 is 0.933 bits per heavy atom. The Kier molecular flexibility index (Phi) is 6.70. The van der Waals surface area contributed by atoms with E-state index in [2.05, 4.69) is 23.7 Å². The number of likely N-dealkylation sites (tertiary alicyclic amines) is 1. The fourth-order valence-electron chi connectivity index (χ4n) is 4.62. The second-order valence-electron chi connectivity index (χ2n) is 9.46. The smallest absolute Gasteiger partial charge is 0.198 e. The van der Waals surface area contributed by atoms with E-state index in [9.17, 15) is 8.42 Å². The topological polar surface area (TPSA) is 68.7 Å². The molecule has 7 heteroatoms. The Morgan fingerprint density at radius 3 is 2.10 bits per heavy atom. The molecule has 2 saturated carbocycles. The summed E-state index contributed by atoms with van der Waals surface area (Å²) in [6.07, 6.45) is 8.65. The maximum atomic E-state index is 12.4. The van der Waals surface area contributed by atoms with Crippen molar-refractivity contribution in [2.45, 2.75) is 107 Å². The van der Waals surface area contributed by atoms with Crippen molar-refractivity contribution in [2.75, 3.05) is 13.1 Å². The highest BCUT2D eigenvalue weighted by molar-refractivity contribution is 7.92. The highest BCUT2D eigenvalue weighted by atomic mass is 32.2. The average molecular weight is 437 g/mol. The Bertz CT molecular complexity index is 822. The number of hydrogen-bond donors (Lipinski definition) is 0. The van der Waals surface area contributed by atoms with E-state index in [1.807, 2.05) is 6.92 Å². The average Bonchev–Trinajstić information content (AvgIpc) is 3.57. The summed E-state index contributed by atoms with van der Waals surface area (Å²) in [6.45, 7) is 8.64. The second-order valence-corrected chi connectivity index (χ2v) is 11.6. The Balaban J connectivity index is 1.24. The maximum absolute atomic E-state index is 12.4. The molecule has 0 radical (unpaired) electrons. The summed E-state index contributed by atoms with van der Waals surface area (Å²) in [5.74, 6) is 0.704. The predicted octanol–water partition coefficient (Wildman–Crippen LogP) is 3.91. The molecule has 2 heterocycles. The molecule has 1 aromatic heterocycles. The van der Waals surface area contributed by atoms with Crippen molar-refractivity contribution >= 4 is 9.84 Å². The minimum atomic E-state index is -3.25. The number of piperidine rings is 1. The second kappa shape index (κ2) is 9.13. The third-order valence-corrected chi connectivity index (χ3v) is 8.93. The molecule has 1 aliphatic heterocycles. The fraction of sp³-hybridized carbons (Fsp3) is 0.783. The highest BCUT2D eigenvalue weighted by Gasteiger charge is 2.38. The summed E-state index contributed by atoms with van der Waals surface area (Å²) in [7, 11) is -3.25. The molecule has 0 N–H and O–H groups in total. The van der Waals surface area contributed by atoms with Gasteiger partial charge in [0.2, 0.25) is 0 Å². The molecule has 0 unspecified atom stereocenters. The lowest BCUT2D eigenvalue weighted by Gasteiger charge is -2.37. The van der Waals surface area contributed by atoms with E-state index >= 15 is 0 Å². The van der Waals surface area contributed by atoms with Gasteiger partial charge < -0.3 is 14.4 Å². The van der Waals surface area contributed by atoms with Crippen LogP contribution in [0.1, 0.15) is 70.9 Å². The van der Waals surface area contributed by atoms with Crippen LogP contribution in [0.25, 0.3) is 0 Å². The predicted molar refractivity (Wildman–Crippen MR) is 117 cm³/mol.